The number of fused-ring (bicyclic) bond motifs is 1. The smallest absolute Gasteiger partial charge is 0.251 e. The lowest BCUT2D eigenvalue weighted by atomic mass is 9.98. The summed E-state index contributed by atoms with van der Waals surface area (Å²) in [5, 5.41) is 8.88. The number of amides is 2. The van der Waals surface area contributed by atoms with E-state index in [2.05, 4.69) is 16.0 Å². The van der Waals surface area contributed by atoms with Crippen LogP contribution in [-0.2, 0) is 17.8 Å². The highest BCUT2D eigenvalue weighted by molar-refractivity contribution is 5.94. The standard InChI is InChI=1S/C16H23N3O2/c1-2-7-18-15(20)6-9-19-16(21)13-4-3-12-5-8-17-11-14(12)10-13/h3-4,10,17H,2,5-9,11H2,1H3,(H,18,20)(H,19,21). The van der Waals surface area contributed by atoms with Crippen LogP contribution in [0, 0.1) is 0 Å². The molecule has 0 fully saturated rings. The van der Waals surface area contributed by atoms with Crippen molar-refractivity contribution in [2.24, 2.45) is 0 Å². The van der Waals surface area contributed by atoms with Gasteiger partial charge in [-0.1, -0.05) is 13.0 Å². The van der Waals surface area contributed by atoms with Gasteiger partial charge in [0.2, 0.25) is 5.91 Å². The van der Waals surface area contributed by atoms with E-state index < -0.39 is 0 Å². The van der Waals surface area contributed by atoms with E-state index in [0.717, 1.165) is 25.9 Å². The van der Waals surface area contributed by atoms with Crippen LogP contribution in [0.3, 0.4) is 0 Å². The second-order valence-corrected chi connectivity index (χ2v) is 5.27. The van der Waals surface area contributed by atoms with Crippen LogP contribution in [-0.4, -0.2) is 31.4 Å². The fraction of sp³-hybridized carbons (Fsp3) is 0.500. The summed E-state index contributed by atoms with van der Waals surface area (Å²) in [6.07, 6.45) is 2.24. The van der Waals surface area contributed by atoms with Crippen LogP contribution in [0.4, 0.5) is 0 Å². The minimum atomic E-state index is -0.119. The van der Waals surface area contributed by atoms with E-state index in [9.17, 15) is 9.59 Å². The molecule has 1 aliphatic heterocycles. The number of hydrogen-bond acceptors (Lipinski definition) is 3. The normalized spacial score (nSPS) is 13.4. The van der Waals surface area contributed by atoms with E-state index in [1.807, 2.05) is 25.1 Å². The summed E-state index contributed by atoms with van der Waals surface area (Å²) in [6, 6.07) is 5.82. The first-order valence-electron chi connectivity index (χ1n) is 7.58. The average Bonchev–Trinajstić information content (AvgIpc) is 2.52. The van der Waals surface area contributed by atoms with Gasteiger partial charge in [-0.15, -0.1) is 0 Å². The summed E-state index contributed by atoms with van der Waals surface area (Å²) in [7, 11) is 0. The van der Waals surface area contributed by atoms with Gasteiger partial charge in [0.05, 0.1) is 0 Å². The molecular weight excluding hydrogens is 266 g/mol. The lowest BCUT2D eigenvalue weighted by Crippen LogP contribution is -2.31. The third-order valence-corrected chi connectivity index (χ3v) is 3.56. The molecule has 3 N–H and O–H groups in total. The predicted molar refractivity (Wildman–Crippen MR) is 82.1 cm³/mol. The van der Waals surface area contributed by atoms with Crippen LogP contribution in [0.1, 0.15) is 41.3 Å². The van der Waals surface area contributed by atoms with Gasteiger partial charge in [0.25, 0.3) is 5.91 Å². The number of benzene rings is 1. The predicted octanol–water partition coefficient (Wildman–Crippen LogP) is 0.978. The number of carbonyl (C=O) groups excluding carboxylic acids is 2. The van der Waals surface area contributed by atoms with E-state index in [-0.39, 0.29) is 11.8 Å². The van der Waals surface area contributed by atoms with Crippen molar-refractivity contribution in [1.29, 1.82) is 0 Å². The fourth-order valence-corrected chi connectivity index (χ4v) is 2.37. The van der Waals surface area contributed by atoms with Gasteiger partial charge in [-0.05, 0) is 42.6 Å². The highest BCUT2D eigenvalue weighted by Gasteiger charge is 2.12. The molecule has 0 spiro atoms. The fourth-order valence-electron chi connectivity index (χ4n) is 2.37. The molecule has 0 atom stereocenters. The zero-order valence-corrected chi connectivity index (χ0v) is 12.5. The molecule has 5 nitrogen and oxygen atoms in total. The lowest BCUT2D eigenvalue weighted by molar-refractivity contribution is -0.120. The van der Waals surface area contributed by atoms with Gasteiger partial charge in [0.15, 0.2) is 0 Å². The second-order valence-electron chi connectivity index (χ2n) is 5.27. The molecule has 1 aromatic rings. The zero-order valence-electron chi connectivity index (χ0n) is 12.5. The highest BCUT2D eigenvalue weighted by Crippen LogP contribution is 2.15. The Morgan fingerprint density at radius 3 is 2.86 bits per heavy atom. The number of rotatable bonds is 6. The maximum Gasteiger partial charge on any atom is 0.251 e. The zero-order chi connectivity index (χ0) is 15.1. The Hall–Kier alpha value is -1.88. The van der Waals surface area contributed by atoms with E-state index in [4.69, 9.17) is 0 Å². The van der Waals surface area contributed by atoms with Gasteiger partial charge >= 0.3 is 0 Å². The highest BCUT2D eigenvalue weighted by atomic mass is 16.2. The van der Waals surface area contributed by atoms with Gasteiger partial charge in [0, 0.05) is 31.6 Å². The molecule has 2 rings (SSSR count). The summed E-state index contributed by atoms with van der Waals surface area (Å²) < 4.78 is 0. The van der Waals surface area contributed by atoms with E-state index in [1.165, 1.54) is 11.1 Å². The molecule has 0 aromatic heterocycles. The van der Waals surface area contributed by atoms with Gasteiger partial charge in [-0.3, -0.25) is 9.59 Å². The summed E-state index contributed by atoms with van der Waals surface area (Å²) >= 11 is 0. The first kappa shape index (κ1) is 15.5. The molecule has 1 aliphatic rings. The Bertz CT molecular complexity index is 514. The van der Waals surface area contributed by atoms with Crippen LogP contribution < -0.4 is 16.0 Å². The molecule has 0 unspecified atom stereocenters. The molecule has 1 heterocycles. The topological polar surface area (TPSA) is 70.2 Å². The Kier molecular flexibility index (Phi) is 5.75. The third-order valence-electron chi connectivity index (χ3n) is 3.56. The van der Waals surface area contributed by atoms with Crippen molar-refractivity contribution >= 4 is 11.8 Å². The Balaban J connectivity index is 1.82. The molecule has 2 amide bonds. The minimum Gasteiger partial charge on any atom is -0.356 e. The lowest BCUT2D eigenvalue weighted by Gasteiger charge is -2.17. The largest absolute Gasteiger partial charge is 0.356 e. The van der Waals surface area contributed by atoms with Crippen molar-refractivity contribution in [3.8, 4) is 0 Å². The monoisotopic (exact) mass is 289 g/mol. The molecule has 0 bridgehead atoms. The van der Waals surface area contributed by atoms with Crippen LogP contribution in [0.15, 0.2) is 18.2 Å². The van der Waals surface area contributed by atoms with Gasteiger partial charge in [0.1, 0.15) is 0 Å². The average molecular weight is 289 g/mol. The van der Waals surface area contributed by atoms with Gasteiger partial charge < -0.3 is 16.0 Å². The molecular formula is C16H23N3O2. The first-order chi connectivity index (χ1) is 10.2. The maximum atomic E-state index is 12.1. The van der Waals surface area contributed by atoms with Crippen LogP contribution in [0.2, 0.25) is 0 Å². The molecule has 0 aliphatic carbocycles. The van der Waals surface area contributed by atoms with Gasteiger partial charge in [-0.25, -0.2) is 0 Å². The molecule has 5 heteroatoms. The Labute approximate surface area is 125 Å². The molecule has 0 saturated heterocycles. The van der Waals surface area contributed by atoms with Crippen molar-refractivity contribution in [3.63, 3.8) is 0 Å². The van der Waals surface area contributed by atoms with Crippen LogP contribution in [0.25, 0.3) is 0 Å². The SMILES string of the molecule is CCCNC(=O)CCNC(=O)c1ccc2c(c1)CNCC2. The summed E-state index contributed by atoms with van der Waals surface area (Å²) in [4.78, 5) is 23.5. The molecule has 21 heavy (non-hydrogen) atoms. The van der Waals surface area contributed by atoms with Crippen molar-refractivity contribution < 1.29 is 9.59 Å². The number of nitrogens with one attached hydrogen (secondary N) is 3. The minimum absolute atomic E-state index is 0.0215. The van der Waals surface area contributed by atoms with Crippen molar-refractivity contribution in [3.05, 3.63) is 34.9 Å². The van der Waals surface area contributed by atoms with Crippen LogP contribution in [0.5, 0.6) is 0 Å². The number of hydrogen-bond donors (Lipinski definition) is 3. The summed E-state index contributed by atoms with van der Waals surface area (Å²) in [5.41, 5.74) is 3.16. The quantitative estimate of drug-likeness (QED) is 0.731. The van der Waals surface area contributed by atoms with E-state index in [0.29, 0.717) is 25.1 Å². The van der Waals surface area contributed by atoms with Crippen molar-refractivity contribution in [1.82, 2.24) is 16.0 Å². The maximum absolute atomic E-state index is 12.1. The van der Waals surface area contributed by atoms with E-state index in [1.54, 1.807) is 0 Å². The third kappa shape index (κ3) is 4.56. The molecule has 114 valence electrons. The van der Waals surface area contributed by atoms with Crippen molar-refractivity contribution in [2.45, 2.75) is 32.7 Å². The molecule has 0 saturated carbocycles. The molecule has 0 radical (unpaired) electrons. The Morgan fingerprint density at radius 2 is 2.05 bits per heavy atom. The second kappa shape index (κ2) is 7.78. The van der Waals surface area contributed by atoms with Gasteiger partial charge in [-0.2, -0.15) is 0 Å². The summed E-state index contributed by atoms with van der Waals surface area (Å²) in [5.74, 6) is -0.140. The first-order valence-corrected chi connectivity index (χ1v) is 7.58. The van der Waals surface area contributed by atoms with E-state index >= 15 is 0 Å². The number of carbonyl (C=O) groups is 2. The summed E-state index contributed by atoms with van der Waals surface area (Å²) in [6.45, 7) is 4.86. The van der Waals surface area contributed by atoms with Crippen LogP contribution >= 0.6 is 0 Å². The Morgan fingerprint density at radius 1 is 1.19 bits per heavy atom. The molecule has 1 aromatic carbocycles. The van der Waals surface area contributed by atoms with Crippen molar-refractivity contribution in [2.75, 3.05) is 19.6 Å².